The molecule has 1 aromatic heterocycles. The predicted molar refractivity (Wildman–Crippen MR) is 106 cm³/mol. The van der Waals surface area contributed by atoms with Crippen LogP contribution in [-0.4, -0.2) is 16.4 Å². The quantitative estimate of drug-likeness (QED) is 0.624. The Bertz CT molecular complexity index is 988. The van der Waals surface area contributed by atoms with Crippen LogP contribution in [0, 0.1) is 6.92 Å². The topological polar surface area (TPSA) is 51.1 Å². The molecule has 0 spiro atoms. The average molecular weight is 389 g/mol. The van der Waals surface area contributed by atoms with Crippen molar-refractivity contribution >= 4 is 51.6 Å². The summed E-state index contributed by atoms with van der Waals surface area (Å²) in [5.41, 5.74) is 2.63. The van der Waals surface area contributed by atoms with Gasteiger partial charge >= 0.3 is 0 Å². The molecule has 0 bridgehead atoms. The van der Waals surface area contributed by atoms with E-state index in [0.717, 1.165) is 22.9 Å². The molecule has 1 heterocycles. The minimum atomic E-state index is -0.290. The fourth-order valence-electron chi connectivity index (χ4n) is 2.91. The molecule has 0 aliphatic rings. The first kappa shape index (κ1) is 18.5. The molecular weight excluding hydrogens is 371 g/mol. The van der Waals surface area contributed by atoms with Gasteiger partial charge in [0.15, 0.2) is 0 Å². The summed E-state index contributed by atoms with van der Waals surface area (Å²) in [6.45, 7) is 3.87. The van der Waals surface area contributed by atoms with Gasteiger partial charge in [-0.1, -0.05) is 36.2 Å². The van der Waals surface area contributed by atoms with Gasteiger partial charge in [0, 0.05) is 23.7 Å². The van der Waals surface area contributed by atoms with Crippen LogP contribution < -0.4 is 5.32 Å². The lowest BCUT2D eigenvalue weighted by Crippen LogP contribution is -2.12. The lowest BCUT2D eigenvalue weighted by molar-refractivity contribution is -0.116. The fraction of sp³-hybridized carbons (Fsp3) is 0.200. The highest BCUT2D eigenvalue weighted by atomic mass is 35.5. The van der Waals surface area contributed by atoms with Crippen LogP contribution in [0.5, 0.6) is 0 Å². The van der Waals surface area contributed by atoms with Gasteiger partial charge in [-0.05, 0) is 49.2 Å². The van der Waals surface area contributed by atoms with Gasteiger partial charge in [-0.25, -0.2) is 0 Å². The third kappa shape index (κ3) is 3.48. The Morgan fingerprint density at radius 2 is 1.81 bits per heavy atom. The van der Waals surface area contributed by atoms with Crippen LogP contribution >= 0.6 is 23.2 Å². The van der Waals surface area contributed by atoms with E-state index >= 15 is 0 Å². The third-order valence-corrected chi connectivity index (χ3v) is 4.79. The van der Waals surface area contributed by atoms with E-state index in [0.29, 0.717) is 22.2 Å². The summed E-state index contributed by atoms with van der Waals surface area (Å²) in [7, 11) is 0. The minimum absolute atomic E-state index is 0.0251. The van der Waals surface area contributed by atoms with Crippen LogP contribution in [0.2, 0.25) is 10.0 Å². The number of nitrogens with zero attached hydrogens (tertiary/aromatic N) is 1. The maximum absolute atomic E-state index is 13.0. The summed E-state index contributed by atoms with van der Waals surface area (Å²) in [4.78, 5) is 24.8. The molecule has 26 heavy (non-hydrogen) atoms. The second-order valence-corrected chi connectivity index (χ2v) is 6.93. The first-order valence-corrected chi connectivity index (χ1v) is 9.08. The zero-order chi connectivity index (χ0) is 18.8. The molecule has 6 heteroatoms. The molecule has 0 aliphatic carbocycles. The van der Waals surface area contributed by atoms with E-state index in [1.165, 1.54) is 4.57 Å². The number of aromatic nitrogens is 1. The Hall–Kier alpha value is -2.30. The van der Waals surface area contributed by atoms with Crippen LogP contribution in [0.3, 0.4) is 0 Å². The van der Waals surface area contributed by atoms with Crippen molar-refractivity contribution in [2.24, 2.45) is 0 Å². The third-order valence-electron chi connectivity index (χ3n) is 4.16. The smallest absolute Gasteiger partial charge is 0.265 e. The molecule has 0 radical (unpaired) electrons. The summed E-state index contributed by atoms with van der Waals surface area (Å²) < 4.78 is 1.54. The number of carbonyl (C=O) groups is 2. The van der Waals surface area contributed by atoms with Crippen LogP contribution in [0.25, 0.3) is 10.9 Å². The number of carbonyl (C=O) groups excluding carboxylic acids is 2. The van der Waals surface area contributed by atoms with Crippen molar-refractivity contribution in [3.63, 3.8) is 0 Å². The van der Waals surface area contributed by atoms with Gasteiger partial charge in [0.05, 0.1) is 21.1 Å². The number of aryl methyl sites for hydroxylation is 1. The first-order chi connectivity index (χ1) is 12.4. The van der Waals surface area contributed by atoms with E-state index in [9.17, 15) is 9.59 Å². The van der Waals surface area contributed by atoms with E-state index in [1.807, 2.05) is 26.0 Å². The summed E-state index contributed by atoms with van der Waals surface area (Å²) in [6, 6.07) is 10.4. The van der Waals surface area contributed by atoms with Gasteiger partial charge in [-0.3, -0.25) is 14.2 Å². The highest BCUT2D eigenvalue weighted by molar-refractivity contribution is 6.40. The summed E-state index contributed by atoms with van der Waals surface area (Å²) in [6.07, 6.45) is 3.02. The van der Waals surface area contributed by atoms with Crippen molar-refractivity contribution in [3.8, 4) is 0 Å². The highest BCUT2D eigenvalue weighted by Gasteiger charge is 2.19. The number of hydrogen-bond acceptors (Lipinski definition) is 2. The standard InChI is InChI=1S/C20H18Cl2N2O2/c1-3-5-18(25)23-13-8-9-17-14(10-13)12(2)11-24(17)20(26)19-15(21)6-4-7-16(19)22/h4,6-11H,3,5H2,1-2H3,(H,23,25). The average Bonchev–Trinajstić information content (AvgIpc) is 2.91. The van der Waals surface area contributed by atoms with Crippen LogP contribution in [0.1, 0.15) is 35.7 Å². The van der Waals surface area contributed by atoms with E-state index in [2.05, 4.69) is 5.32 Å². The number of anilines is 1. The van der Waals surface area contributed by atoms with Gasteiger partial charge < -0.3 is 5.32 Å². The molecule has 0 atom stereocenters. The van der Waals surface area contributed by atoms with Gasteiger partial charge in [0.1, 0.15) is 0 Å². The van der Waals surface area contributed by atoms with Crippen molar-refractivity contribution in [1.82, 2.24) is 4.57 Å². The largest absolute Gasteiger partial charge is 0.326 e. The Morgan fingerprint density at radius 1 is 1.12 bits per heavy atom. The van der Waals surface area contributed by atoms with E-state index in [4.69, 9.17) is 23.2 Å². The molecule has 1 N–H and O–H groups in total. The van der Waals surface area contributed by atoms with E-state index in [1.54, 1.807) is 30.5 Å². The van der Waals surface area contributed by atoms with Gasteiger partial charge in [0.25, 0.3) is 5.91 Å². The van der Waals surface area contributed by atoms with Crippen molar-refractivity contribution in [2.45, 2.75) is 26.7 Å². The SMILES string of the molecule is CCCC(=O)Nc1ccc2c(c1)c(C)cn2C(=O)c1c(Cl)cccc1Cl. The maximum atomic E-state index is 13.0. The molecule has 2 aromatic carbocycles. The second-order valence-electron chi connectivity index (χ2n) is 6.11. The highest BCUT2D eigenvalue weighted by Crippen LogP contribution is 2.29. The number of fused-ring (bicyclic) bond motifs is 1. The van der Waals surface area contributed by atoms with Crippen molar-refractivity contribution in [1.29, 1.82) is 0 Å². The zero-order valence-electron chi connectivity index (χ0n) is 14.5. The molecule has 3 aromatic rings. The number of nitrogens with one attached hydrogen (secondary N) is 1. The Morgan fingerprint density at radius 3 is 2.46 bits per heavy atom. The van der Waals surface area contributed by atoms with E-state index in [-0.39, 0.29) is 17.4 Å². The molecule has 3 rings (SSSR count). The molecule has 0 saturated carbocycles. The number of benzene rings is 2. The first-order valence-electron chi connectivity index (χ1n) is 8.32. The van der Waals surface area contributed by atoms with Crippen molar-refractivity contribution in [3.05, 3.63) is 63.8 Å². The minimum Gasteiger partial charge on any atom is -0.326 e. The Kier molecular flexibility index (Phi) is 5.35. The lowest BCUT2D eigenvalue weighted by atomic mass is 10.1. The zero-order valence-corrected chi connectivity index (χ0v) is 16.0. The Balaban J connectivity index is 2.03. The van der Waals surface area contributed by atoms with Crippen molar-refractivity contribution in [2.75, 3.05) is 5.32 Å². The number of amides is 1. The van der Waals surface area contributed by atoms with Crippen LogP contribution in [-0.2, 0) is 4.79 Å². The van der Waals surface area contributed by atoms with Gasteiger partial charge in [-0.15, -0.1) is 0 Å². The molecule has 0 aliphatic heterocycles. The second kappa shape index (κ2) is 7.52. The number of rotatable bonds is 4. The summed E-state index contributed by atoms with van der Waals surface area (Å²) >= 11 is 12.4. The summed E-state index contributed by atoms with van der Waals surface area (Å²) in [5, 5.41) is 4.38. The van der Waals surface area contributed by atoms with Crippen molar-refractivity contribution < 1.29 is 9.59 Å². The molecular formula is C20H18Cl2N2O2. The monoisotopic (exact) mass is 388 g/mol. The Labute approximate surface area is 161 Å². The fourth-order valence-corrected chi connectivity index (χ4v) is 3.47. The normalized spacial score (nSPS) is 10.9. The van der Waals surface area contributed by atoms with Gasteiger partial charge in [-0.2, -0.15) is 0 Å². The predicted octanol–water partition coefficient (Wildman–Crippen LogP) is 5.68. The summed E-state index contributed by atoms with van der Waals surface area (Å²) in [5.74, 6) is -0.315. The molecule has 1 amide bonds. The molecule has 4 nitrogen and oxygen atoms in total. The van der Waals surface area contributed by atoms with Gasteiger partial charge in [0.2, 0.25) is 5.91 Å². The lowest BCUT2D eigenvalue weighted by Gasteiger charge is -2.09. The van der Waals surface area contributed by atoms with Crippen LogP contribution in [0.4, 0.5) is 5.69 Å². The maximum Gasteiger partial charge on any atom is 0.265 e. The van der Waals surface area contributed by atoms with E-state index < -0.39 is 0 Å². The number of halogens is 2. The van der Waals surface area contributed by atoms with Crippen LogP contribution in [0.15, 0.2) is 42.6 Å². The molecule has 0 saturated heterocycles. The molecule has 134 valence electrons. The number of hydrogen-bond donors (Lipinski definition) is 1. The molecule has 0 unspecified atom stereocenters. The molecule has 0 fully saturated rings.